The number of rotatable bonds is 1. The summed E-state index contributed by atoms with van der Waals surface area (Å²) in [4.78, 5) is 0. The number of hydrogen-bond donors (Lipinski definition) is 1. The summed E-state index contributed by atoms with van der Waals surface area (Å²) in [6.07, 6.45) is 0. The number of benzene rings is 1. The first-order valence-corrected chi connectivity index (χ1v) is 6.89. The minimum atomic E-state index is 0.482. The van der Waals surface area contributed by atoms with Gasteiger partial charge in [0.25, 0.3) is 0 Å². The minimum absolute atomic E-state index is 0.482. The first kappa shape index (κ1) is 13.2. The molecule has 0 unspecified atom stereocenters. The first-order chi connectivity index (χ1) is 8.47. The molecule has 0 saturated heterocycles. The van der Waals surface area contributed by atoms with Crippen LogP contribution in [-0.4, -0.2) is 4.57 Å². The lowest BCUT2D eigenvalue weighted by Crippen LogP contribution is -2.03. The van der Waals surface area contributed by atoms with E-state index in [4.69, 9.17) is 11.0 Å². The Morgan fingerprint density at radius 1 is 1.28 bits per heavy atom. The molecule has 0 aliphatic heterocycles. The predicted octanol–water partition coefficient (Wildman–Crippen LogP) is 4.07. The molecule has 1 aromatic carbocycles. The Morgan fingerprint density at radius 3 is 2.44 bits per heavy atom. The van der Waals surface area contributed by atoms with E-state index in [2.05, 4.69) is 37.9 Å². The summed E-state index contributed by atoms with van der Waals surface area (Å²) < 4.78 is 3.80. The predicted molar refractivity (Wildman–Crippen MR) is 79.8 cm³/mol. The molecule has 5 heteroatoms. The first-order valence-electron chi connectivity index (χ1n) is 5.30. The van der Waals surface area contributed by atoms with Crippen LogP contribution < -0.4 is 5.73 Å². The quantitative estimate of drug-likeness (QED) is 0.824. The van der Waals surface area contributed by atoms with E-state index in [0.29, 0.717) is 11.4 Å². The van der Waals surface area contributed by atoms with Gasteiger partial charge < -0.3 is 5.73 Å². The molecule has 0 radical (unpaired) electrons. The van der Waals surface area contributed by atoms with Crippen molar-refractivity contribution in [1.29, 1.82) is 5.26 Å². The van der Waals surface area contributed by atoms with Crippen molar-refractivity contribution >= 4 is 37.7 Å². The van der Waals surface area contributed by atoms with Gasteiger partial charge in [-0.05, 0) is 53.5 Å². The van der Waals surface area contributed by atoms with Crippen LogP contribution in [0.2, 0.25) is 0 Å². The molecule has 3 nitrogen and oxygen atoms in total. The van der Waals surface area contributed by atoms with Gasteiger partial charge in [0.15, 0.2) is 0 Å². The molecule has 92 valence electrons. The lowest BCUT2D eigenvalue weighted by Gasteiger charge is -2.11. The maximum Gasteiger partial charge on any atom is 0.126 e. The third kappa shape index (κ3) is 1.96. The van der Waals surface area contributed by atoms with Crippen LogP contribution in [0.4, 0.5) is 5.82 Å². The van der Waals surface area contributed by atoms with E-state index in [-0.39, 0.29) is 0 Å². The zero-order valence-corrected chi connectivity index (χ0v) is 13.1. The molecule has 2 rings (SSSR count). The monoisotopic (exact) mass is 367 g/mol. The standard InChI is InChI=1S/C13H11Br2N3/c1-7-8(2)18(13(17)10(7)6-16)12-4-3-9(14)5-11(12)15/h3-5H,17H2,1-2H3. The summed E-state index contributed by atoms with van der Waals surface area (Å²) in [5.41, 5.74) is 9.43. The van der Waals surface area contributed by atoms with Gasteiger partial charge in [0.2, 0.25) is 0 Å². The highest BCUT2D eigenvalue weighted by molar-refractivity contribution is 9.11. The van der Waals surface area contributed by atoms with Crippen LogP contribution in [0.15, 0.2) is 27.1 Å². The SMILES string of the molecule is Cc1c(C#N)c(N)n(-c2ccc(Br)cc2Br)c1C. The molecule has 0 aliphatic carbocycles. The van der Waals surface area contributed by atoms with Crippen molar-refractivity contribution in [3.8, 4) is 11.8 Å². The molecule has 18 heavy (non-hydrogen) atoms. The highest BCUT2D eigenvalue weighted by Crippen LogP contribution is 2.32. The fourth-order valence-electron chi connectivity index (χ4n) is 1.95. The topological polar surface area (TPSA) is 54.7 Å². The normalized spacial score (nSPS) is 10.4. The van der Waals surface area contributed by atoms with Crippen molar-refractivity contribution in [3.63, 3.8) is 0 Å². The Bertz CT molecular complexity index is 666. The van der Waals surface area contributed by atoms with Crippen molar-refractivity contribution in [2.75, 3.05) is 5.73 Å². The van der Waals surface area contributed by atoms with E-state index in [9.17, 15) is 0 Å². The van der Waals surface area contributed by atoms with Gasteiger partial charge in [0.05, 0.1) is 11.3 Å². The minimum Gasteiger partial charge on any atom is -0.384 e. The molecule has 0 saturated carbocycles. The summed E-state index contributed by atoms with van der Waals surface area (Å²) in [7, 11) is 0. The Balaban J connectivity index is 2.77. The van der Waals surface area contributed by atoms with Gasteiger partial charge in [-0.15, -0.1) is 0 Å². The van der Waals surface area contributed by atoms with Gasteiger partial charge in [0.1, 0.15) is 11.9 Å². The largest absolute Gasteiger partial charge is 0.384 e. The molecular formula is C13H11Br2N3. The zero-order valence-electron chi connectivity index (χ0n) is 9.96. The molecule has 0 bridgehead atoms. The Hall–Kier alpha value is -1.25. The van der Waals surface area contributed by atoms with Crippen molar-refractivity contribution in [1.82, 2.24) is 4.57 Å². The van der Waals surface area contributed by atoms with E-state index >= 15 is 0 Å². The lowest BCUT2D eigenvalue weighted by atomic mass is 10.2. The van der Waals surface area contributed by atoms with E-state index < -0.39 is 0 Å². The van der Waals surface area contributed by atoms with Crippen LogP contribution in [0, 0.1) is 25.2 Å². The van der Waals surface area contributed by atoms with Crippen molar-refractivity contribution in [2.45, 2.75) is 13.8 Å². The number of nitrogens with two attached hydrogens (primary N) is 1. The smallest absolute Gasteiger partial charge is 0.126 e. The summed E-state index contributed by atoms with van der Waals surface area (Å²) in [6, 6.07) is 8.01. The average Bonchev–Trinajstić information content (AvgIpc) is 2.52. The van der Waals surface area contributed by atoms with Crippen LogP contribution in [0.5, 0.6) is 0 Å². The third-order valence-electron chi connectivity index (χ3n) is 3.01. The fraction of sp³-hybridized carbons (Fsp3) is 0.154. The number of nitrogen functional groups attached to an aromatic ring is 1. The Labute approximate surface area is 122 Å². The molecule has 0 spiro atoms. The second-order valence-electron chi connectivity index (χ2n) is 4.01. The number of nitriles is 1. The third-order valence-corrected chi connectivity index (χ3v) is 4.14. The van der Waals surface area contributed by atoms with Crippen LogP contribution in [0.25, 0.3) is 5.69 Å². The molecule has 2 N–H and O–H groups in total. The van der Waals surface area contributed by atoms with Crippen LogP contribution in [-0.2, 0) is 0 Å². The molecule has 0 amide bonds. The molecule has 1 aromatic heterocycles. The summed E-state index contributed by atoms with van der Waals surface area (Å²) in [6.45, 7) is 3.87. The number of hydrogen-bond acceptors (Lipinski definition) is 2. The van der Waals surface area contributed by atoms with Gasteiger partial charge >= 0.3 is 0 Å². The summed E-state index contributed by atoms with van der Waals surface area (Å²) in [5, 5.41) is 9.13. The van der Waals surface area contributed by atoms with Crippen molar-refractivity contribution in [2.24, 2.45) is 0 Å². The Kier molecular flexibility index (Phi) is 3.51. The van der Waals surface area contributed by atoms with E-state index in [0.717, 1.165) is 25.9 Å². The van der Waals surface area contributed by atoms with E-state index in [1.807, 2.05) is 36.6 Å². The second kappa shape index (κ2) is 4.79. The maximum absolute atomic E-state index is 9.13. The summed E-state index contributed by atoms with van der Waals surface area (Å²) in [5.74, 6) is 0.482. The summed E-state index contributed by atoms with van der Waals surface area (Å²) >= 11 is 6.93. The fourth-order valence-corrected chi connectivity index (χ4v) is 3.17. The Morgan fingerprint density at radius 2 is 1.94 bits per heavy atom. The second-order valence-corrected chi connectivity index (χ2v) is 5.78. The van der Waals surface area contributed by atoms with Crippen molar-refractivity contribution < 1.29 is 0 Å². The van der Waals surface area contributed by atoms with Gasteiger partial charge in [-0.25, -0.2) is 0 Å². The van der Waals surface area contributed by atoms with Crippen LogP contribution in [0.1, 0.15) is 16.8 Å². The van der Waals surface area contributed by atoms with Gasteiger partial charge in [-0.1, -0.05) is 15.9 Å². The molecule has 0 atom stereocenters. The highest BCUT2D eigenvalue weighted by Gasteiger charge is 2.17. The van der Waals surface area contributed by atoms with Gasteiger partial charge in [0, 0.05) is 14.6 Å². The zero-order chi connectivity index (χ0) is 13.4. The average molecular weight is 369 g/mol. The lowest BCUT2D eigenvalue weighted by molar-refractivity contribution is 1.01. The molecule has 0 fully saturated rings. The molecule has 0 aliphatic rings. The number of halogens is 2. The molecule has 2 aromatic rings. The number of anilines is 1. The van der Waals surface area contributed by atoms with Crippen molar-refractivity contribution in [3.05, 3.63) is 44.0 Å². The van der Waals surface area contributed by atoms with E-state index in [1.54, 1.807) is 0 Å². The van der Waals surface area contributed by atoms with Gasteiger partial charge in [-0.3, -0.25) is 4.57 Å². The molecule has 1 heterocycles. The van der Waals surface area contributed by atoms with Gasteiger partial charge in [-0.2, -0.15) is 5.26 Å². The highest BCUT2D eigenvalue weighted by atomic mass is 79.9. The van der Waals surface area contributed by atoms with Crippen LogP contribution in [0.3, 0.4) is 0 Å². The van der Waals surface area contributed by atoms with E-state index in [1.165, 1.54) is 0 Å². The van der Waals surface area contributed by atoms with Crippen LogP contribution >= 0.6 is 31.9 Å². The maximum atomic E-state index is 9.13. The molecular weight excluding hydrogens is 358 g/mol. The number of nitrogens with zero attached hydrogens (tertiary/aromatic N) is 2. The number of aromatic nitrogens is 1.